The first-order valence-electron chi connectivity index (χ1n) is 7.82. The smallest absolute Gasteiger partial charge is 0.0929 e. The molecule has 1 aliphatic rings. The lowest BCUT2D eigenvalue weighted by atomic mass is 9.93. The van der Waals surface area contributed by atoms with Gasteiger partial charge in [-0.1, -0.05) is 39.0 Å². The van der Waals surface area contributed by atoms with Crippen LogP contribution >= 0.6 is 11.3 Å². The molecule has 0 saturated carbocycles. The summed E-state index contributed by atoms with van der Waals surface area (Å²) < 4.78 is 0. The predicted octanol–water partition coefficient (Wildman–Crippen LogP) is 4.80. The lowest BCUT2D eigenvalue weighted by molar-refractivity contribution is 0.563. The number of aryl methyl sites for hydroxylation is 2. The van der Waals surface area contributed by atoms with Gasteiger partial charge in [0.1, 0.15) is 0 Å². The summed E-state index contributed by atoms with van der Waals surface area (Å²) in [6.07, 6.45) is 4.68. The minimum absolute atomic E-state index is 0.163. The third-order valence-electron chi connectivity index (χ3n) is 4.17. The van der Waals surface area contributed by atoms with Crippen LogP contribution in [0.1, 0.15) is 49.9 Å². The predicted molar refractivity (Wildman–Crippen MR) is 91.3 cm³/mol. The van der Waals surface area contributed by atoms with Crippen molar-refractivity contribution in [2.75, 3.05) is 5.32 Å². The van der Waals surface area contributed by atoms with Crippen LogP contribution in [-0.4, -0.2) is 11.0 Å². The van der Waals surface area contributed by atoms with Crippen molar-refractivity contribution >= 4 is 17.0 Å². The highest BCUT2D eigenvalue weighted by Crippen LogP contribution is 2.28. The van der Waals surface area contributed by atoms with E-state index in [-0.39, 0.29) is 5.41 Å². The number of aromatic nitrogens is 1. The van der Waals surface area contributed by atoms with Gasteiger partial charge in [-0.05, 0) is 30.9 Å². The maximum atomic E-state index is 4.80. The molecule has 3 rings (SSSR count). The van der Waals surface area contributed by atoms with E-state index in [1.165, 1.54) is 41.2 Å². The number of nitrogens with zero attached hydrogens (tertiary/aromatic N) is 1. The highest BCUT2D eigenvalue weighted by Gasteiger charge is 2.19. The molecule has 2 nitrogen and oxygen atoms in total. The van der Waals surface area contributed by atoms with Crippen molar-refractivity contribution in [2.24, 2.45) is 0 Å². The molecular weight excluding hydrogens is 276 g/mol. The Morgan fingerprint density at radius 1 is 1.29 bits per heavy atom. The number of hydrogen-bond acceptors (Lipinski definition) is 3. The zero-order valence-electron chi connectivity index (χ0n) is 13.1. The molecule has 0 fully saturated rings. The lowest BCUT2D eigenvalue weighted by Gasteiger charge is -2.26. The highest BCUT2D eigenvalue weighted by atomic mass is 32.1. The van der Waals surface area contributed by atoms with Crippen LogP contribution in [0.2, 0.25) is 0 Å². The van der Waals surface area contributed by atoms with Crippen molar-refractivity contribution in [1.82, 2.24) is 4.98 Å². The number of para-hydroxylation sites is 1. The maximum absolute atomic E-state index is 4.80. The van der Waals surface area contributed by atoms with E-state index < -0.39 is 0 Å². The van der Waals surface area contributed by atoms with Crippen molar-refractivity contribution in [3.8, 4) is 0 Å². The van der Waals surface area contributed by atoms with E-state index in [0.717, 1.165) is 6.42 Å². The molecule has 0 radical (unpaired) electrons. The first-order chi connectivity index (χ1) is 10.0. The Balaban J connectivity index is 1.58. The summed E-state index contributed by atoms with van der Waals surface area (Å²) in [4.78, 5) is 4.80. The van der Waals surface area contributed by atoms with Gasteiger partial charge in [-0.3, -0.25) is 0 Å². The first-order valence-corrected chi connectivity index (χ1v) is 8.69. The standard InChI is InChI=1S/C18H24N2S/c1-18(2,3)16-12-21-17(20-16)11-10-14-9-8-13-6-4-5-7-15(13)19-14/h4-7,12,14,19H,8-11H2,1-3H3. The summed E-state index contributed by atoms with van der Waals surface area (Å²) in [5.74, 6) is 0. The van der Waals surface area contributed by atoms with Crippen molar-refractivity contribution in [3.05, 3.63) is 45.9 Å². The fourth-order valence-corrected chi connectivity index (χ4v) is 3.83. The molecule has 1 aromatic carbocycles. The van der Waals surface area contributed by atoms with E-state index in [2.05, 4.69) is 55.7 Å². The van der Waals surface area contributed by atoms with Crippen LogP contribution in [0, 0.1) is 0 Å². The van der Waals surface area contributed by atoms with Gasteiger partial charge >= 0.3 is 0 Å². The Kier molecular flexibility index (Phi) is 4.03. The largest absolute Gasteiger partial charge is 0.382 e. The van der Waals surface area contributed by atoms with Crippen LogP contribution in [0.3, 0.4) is 0 Å². The minimum Gasteiger partial charge on any atom is -0.382 e. The normalized spacial score (nSPS) is 18.1. The van der Waals surface area contributed by atoms with Gasteiger partial charge in [0, 0.05) is 28.9 Å². The first kappa shape index (κ1) is 14.6. The maximum Gasteiger partial charge on any atom is 0.0929 e. The summed E-state index contributed by atoms with van der Waals surface area (Å²) in [5.41, 5.74) is 4.17. The second kappa shape index (κ2) is 5.80. The van der Waals surface area contributed by atoms with Crippen LogP contribution in [0.4, 0.5) is 5.69 Å². The number of thiazole rings is 1. The molecule has 3 heteroatoms. The molecule has 21 heavy (non-hydrogen) atoms. The van der Waals surface area contributed by atoms with E-state index in [4.69, 9.17) is 4.98 Å². The number of fused-ring (bicyclic) bond motifs is 1. The average molecular weight is 300 g/mol. The summed E-state index contributed by atoms with van der Waals surface area (Å²) in [5, 5.41) is 7.18. The molecule has 1 aliphatic heterocycles. The fourth-order valence-electron chi connectivity index (χ4n) is 2.79. The van der Waals surface area contributed by atoms with Gasteiger partial charge in [0.15, 0.2) is 0 Å². The van der Waals surface area contributed by atoms with Gasteiger partial charge in [-0.25, -0.2) is 4.98 Å². The van der Waals surface area contributed by atoms with Crippen LogP contribution in [0.5, 0.6) is 0 Å². The molecule has 0 amide bonds. The van der Waals surface area contributed by atoms with Crippen LogP contribution < -0.4 is 5.32 Å². The van der Waals surface area contributed by atoms with E-state index in [1.807, 2.05) is 11.3 Å². The number of hydrogen-bond donors (Lipinski definition) is 1. The average Bonchev–Trinajstić information content (AvgIpc) is 2.94. The van der Waals surface area contributed by atoms with Gasteiger partial charge in [0.25, 0.3) is 0 Å². The third-order valence-corrected chi connectivity index (χ3v) is 5.07. The Morgan fingerprint density at radius 3 is 2.86 bits per heavy atom. The van der Waals surface area contributed by atoms with E-state index >= 15 is 0 Å². The van der Waals surface area contributed by atoms with Crippen molar-refractivity contribution in [1.29, 1.82) is 0 Å². The van der Waals surface area contributed by atoms with E-state index in [9.17, 15) is 0 Å². The molecule has 0 bridgehead atoms. The van der Waals surface area contributed by atoms with Gasteiger partial charge < -0.3 is 5.32 Å². The minimum atomic E-state index is 0.163. The van der Waals surface area contributed by atoms with Crippen LogP contribution in [0.25, 0.3) is 0 Å². The van der Waals surface area contributed by atoms with Crippen molar-refractivity contribution in [2.45, 2.75) is 57.9 Å². The highest BCUT2D eigenvalue weighted by molar-refractivity contribution is 7.09. The SMILES string of the molecule is CC(C)(C)c1csc(CCC2CCc3ccccc3N2)n1. The third kappa shape index (κ3) is 3.46. The number of anilines is 1. The quantitative estimate of drug-likeness (QED) is 0.880. The monoisotopic (exact) mass is 300 g/mol. The Morgan fingerprint density at radius 2 is 2.10 bits per heavy atom. The second-order valence-corrected chi connectivity index (χ2v) is 7.89. The summed E-state index contributed by atoms with van der Waals surface area (Å²) in [6.45, 7) is 6.68. The summed E-state index contributed by atoms with van der Waals surface area (Å²) >= 11 is 1.81. The van der Waals surface area contributed by atoms with Gasteiger partial charge in [-0.15, -0.1) is 11.3 Å². The molecule has 1 atom stereocenters. The Hall–Kier alpha value is -1.35. The summed E-state index contributed by atoms with van der Waals surface area (Å²) in [6, 6.07) is 9.26. The molecule has 112 valence electrons. The van der Waals surface area contributed by atoms with Crippen LogP contribution in [-0.2, 0) is 18.3 Å². The zero-order valence-corrected chi connectivity index (χ0v) is 14.0. The summed E-state index contributed by atoms with van der Waals surface area (Å²) in [7, 11) is 0. The van der Waals surface area contributed by atoms with Gasteiger partial charge in [-0.2, -0.15) is 0 Å². The molecule has 0 aliphatic carbocycles. The molecule has 1 N–H and O–H groups in total. The zero-order chi connectivity index (χ0) is 14.9. The van der Waals surface area contributed by atoms with Crippen molar-refractivity contribution in [3.63, 3.8) is 0 Å². The molecule has 0 spiro atoms. The van der Waals surface area contributed by atoms with E-state index in [0.29, 0.717) is 6.04 Å². The van der Waals surface area contributed by atoms with Crippen LogP contribution in [0.15, 0.2) is 29.6 Å². The van der Waals surface area contributed by atoms with Gasteiger partial charge in [0.2, 0.25) is 0 Å². The molecule has 2 heterocycles. The molecule has 1 aromatic heterocycles. The Bertz CT molecular complexity index is 610. The second-order valence-electron chi connectivity index (χ2n) is 6.95. The molecule has 2 aromatic rings. The Labute approximate surface area is 131 Å². The van der Waals surface area contributed by atoms with Gasteiger partial charge in [0.05, 0.1) is 10.7 Å². The molecular formula is C18H24N2S. The fraction of sp³-hybridized carbons (Fsp3) is 0.500. The lowest BCUT2D eigenvalue weighted by Crippen LogP contribution is -2.25. The molecule has 1 unspecified atom stereocenters. The van der Waals surface area contributed by atoms with Crippen molar-refractivity contribution < 1.29 is 0 Å². The number of nitrogens with one attached hydrogen (secondary N) is 1. The molecule has 0 saturated heterocycles. The number of benzene rings is 1. The topological polar surface area (TPSA) is 24.9 Å². The number of rotatable bonds is 3. The van der Waals surface area contributed by atoms with E-state index in [1.54, 1.807) is 0 Å².